The molecule has 0 atom stereocenters. The number of benzene rings is 1. The van der Waals surface area contributed by atoms with E-state index in [1.54, 1.807) is 6.92 Å². The van der Waals surface area contributed by atoms with Crippen LogP contribution in [0, 0.1) is 17.0 Å². The first-order chi connectivity index (χ1) is 7.20. The van der Waals surface area contributed by atoms with Crippen LogP contribution in [0.15, 0.2) is 16.6 Å². The van der Waals surface area contributed by atoms with Crippen molar-refractivity contribution >= 4 is 37.3 Å². The fourth-order valence-electron chi connectivity index (χ4n) is 1.15. The molecule has 8 heteroatoms. The van der Waals surface area contributed by atoms with E-state index in [1.165, 1.54) is 12.1 Å². The lowest BCUT2D eigenvalue weighted by molar-refractivity contribution is -0.385. The van der Waals surface area contributed by atoms with E-state index in [-0.39, 0.29) is 5.69 Å². The first kappa shape index (κ1) is 12.9. The summed E-state index contributed by atoms with van der Waals surface area (Å²) in [5.41, 5.74) is 0.697. The molecule has 0 fully saturated rings. The predicted octanol–water partition coefficient (Wildman–Crippen LogP) is 2.04. The van der Waals surface area contributed by atoms with Crippen molar-refractivity contribution in [2.75, 3.05) is 11.0 Å². The van der Waals surface area contributed by atoms with Crippen molar-refractivity contribution in [2.45, 2.75) is 6.92 Å². The van der Waals surface area contributed by atoms with Crippen LogP contribution < -0.4 is 4.72 Å². The zero-order chi connectivity index (χ0) is 12.5. The average Bonchev–Trinajstić information content (AvgIpc) is 2.09. The summed E-state index contributed by atoms with van der Waals surface area (Å²) in [6, 6.07) is 2.55. The molecule has 0 aliphatic rings. The van der Waals surface area contributed by atoms with Gasteiger partial charge in [0.2, 0.25) is 10.0 Å². The number of hydrogen-bond donors (Lipinski definition) is 1. The Labute approximate surface area is 101 Å². The summed E-state index contributed by atoms with van der Waals surface area (Å²) in [5.74, 6) is 0. The Kier molecular flexibility index (Phi) is 3.54. The quantitative estimate of drug-likeness (QED) is 0.683. The topological polar surface area (TPSA) is 89.3 Å². The second kappa shape index (κ2) is 4.38. The van der Waals surface area contributed by atoms with E-state index in [1.807, 2.05) is 0 Å². The highest BCUT2D eigenvalue weighted by Gasteiger charge is 2.15. The van der Waals surface area contributed by atoms with Crippen LogP contribution in [0.3, 0.4) is 0 Å². The molecule has 0 saturated carbocycles. The van der Waals surface area contributed by atoms with Crippen LogP contribution in [0.4, 0.5) is 11.4 Å². The van der Waals surface area contributed by atoms with Crippen LogP contribution in [-0.2, 0) is 10.0 Å². The summed E-state index contributed by atoms with van der Waals surface area (Å²) < 4.78 is 24.7. The molecular weight excluding hydrogens is 300 g/mol. The first-order valence-corrected chi connectivity index (χ1v) is 6.81. The van der Waals surface area contributed by atoms with Gasteiger partial charge >= 0.3 is 0 Å². The first-order valence-electron chi connectivity index (χ1n) is 4.13. The fourth-order valence-corrected chi connectivity index (χ4v) is 2.57. The Morgan fingerprint density at radius 3 is 2.38 bits per heavy atom. The van der Waals surface area contributed by atoms with Crippen molar-refractivity contribution in [1.29, 1.82) is 0 Å². The van der Waals surface area contributed by atoms with Crippen LogP contribution in [-0.4, -0.2) is 19.6 Å². The molecule has 0 amide bonds. The standard InChI is InChI=1S/C8H9BrN2O4S/c1-5-3-6(11(12)13)4-7(9)8(5)10-16(2,14)15/h3-4,10H,1-2H3. The van der Waals surface area contributed by atoms with Gasteiger partial charge in [0.15, 0.2) is 0 Å². The molecule has 0 bridgehead atoms. The van der Waals surface area contributed by atoms with Gasteiger partial charge in [-0.25, -0.2) is 8.42 Å². The van der Waals surface area contributed by atoms with E-state index < -0.39 is 14.9 Å². The molecule has 0 aliphatic heterocycles. The minimum Gasteiger partial charge on any atom is -0.282 e. The number of sulfonamides is 1. The summed E-state index contributed by atoms with van der Waals surface area (Å²) in [6.07, 6.45) is 1.01. The second-order valence-electron chi connectivity index (χ2n) is 3.25. The Balaban J connectivity index is 3.28. The number of nitro benzene ring substituents is 1. The smallest absolute Gasteiger partial charge is 0.270 e. The van der Waals surface area contributed by atoms with E-state index in [4.69, 9.17) is 0 Å². The minimum absolute atomic E-state index is 0.0940. The number of non-ortho nitro benzene ring substituents is 1. The summed E-state index contributed by atoms with van der Waals surface area (Å²) in [5, 5.41) is 10.5. The van der Waals surface area contributed by atoms with Gasteiger partial charge in [0.05, 0.1) is 16.9 Å². The second-order valence-corrected chi connectivity index (χ2v) is 5.85. The molecule has 88 valence electrons. The van der Waals surface area contributed by atoms with Gasteiger partial charge in [0, 0.05) is 16.6 Å². The third-order valence-electron chi connectivity index (χ3n) is 1.77. The van der Waals surface area contributed by atoms with Gasteiger partial charge in [-0.05, 0) is 28.4 Å². The number of aryl methyl sites for hydroxylation is 1. The summed E-state index contributed by atoms with van der Waals surface area (Å²) in [6.45, 7) is 1.59. The van der Waals surface area contributed by atoms with Gasteiger partial charge in [-0.1, -0.05) is 0 Å². The molecular formula is C8H9BrN2O4S. The predicted molar refractivity (Wildman–Crippen MR) is 64.0 cm³/mol. The average molecular weight is 309 g/mol. The molecule has 1 rings (SSSR count). The number of hydrogen-bond acceptors (Lipinski definition) is 4. The SMILES string of the molecule is Cc1cc([N+](=O)[O-])cc(Br)c1NS(C)(=O)=O. The van der Waals surface area contributed by atoms with Gasteiger partial charge in [0.1, 0.15) is 0 Å². The number of nitrogens with one attached hydrogen (secondary N) is 1. The molecule has 0 heterocycles. The van der Waals surface area contributed by atoms with Crippen LogP contribution >= 0.6 is 15.9 Å². The molecule has 0 radical (unpaired) electrons. The van der Waals surface area contributed by atoms with Gasteiger partial charge in [-0.2, -0.15) is 0 Å². The molecule has 1 N–H and O–H groups in total. The number of nitro groups is 1. The maximum absolute atomic E-state index is 11.1. The molecule has 1 aromatic rings. The third kappa shape index (κ3) is 3.17. The van der Waals surface area contributed by atoms with Gasteiger partial charge in [0.25, 0.3) is 5.69 Å². The lowest BCUT2D eigenvalue weighted by Gasteiger charge is -2.09. The number of halogens is 1. The lowest BCUT2D eigenvalue weighted by atomic mass is 10.2. The Morgan fingerprint density at radius 1 is 1.44 bits per heavy atom. The van der Waals surface area contributed by atoms with Crippen molar-refractivity contribution in [3.63, 3.8) is 0 Å². The number of nitrogens with zero attached hydrogens (tertiary/aromatic N) is 1. The molecule has 0 aromatic heterocycles. The van der Waals surface area contributed by atoms with Gasteiger partial charge < -0.3 is 0 Å². The molecule has 0 unspecified atom stereocenters. The number of rotatable bonds is 3. The Bertz CT molecular complexity index is 518. The van der Waals surface area contributed by atoms with Crippen molar-refractivity contribution in [3.8, 4) is 0 Å². The van der Waals surface area contributed by atoms with Crippen LogP contribution in [0.5, 0.6) is 0 Å². The van der Waals surface area contributed by atoms with Crippen molar-refractivity contribution in [1.82, 2.24) is 0 Å². The molecule has 0 aliphatic carbocycles. The molecule has 1 aromatic carbocycles. The Hall–Kier alpha value is -1.15. The van der Waals surface area contributed by atoms with Crippen LogP contribution in [0.1, 0.15) is 5.56 Å². The van der Waals surface area contributed by atoms with Crippen LogP contribution in [0.25, 0.3) is 0 Å². The van der Waals surface area contributed by atoms with E-state index >= 15 is 0 Å². The maximum Gasteiger partial charge on any atom is 0.270 e. The zero-order valence-corrected chi connectivity index (χ0v) is 10.9. The highest BCUT2D eigenvalue weighted by atomic mass is 79.9. The highest BCUT2D eigenvalue weighted by molar-refractivity contribution is 9.10. The van der Waals surface area contributed by atoms with Crippen molar-refractivity contribution < 1.29 is 13.3 Å². The summed E-state index contributed by atoms with van der Waals surface area (Å²) in [4.78, 5) is 10.0. The monoisotopic (exact) mass is 308 g/mol. The largest absolute Gasteiger partial charge is 0.282 e. The molecule has 0 saturated heterocycles. The van der Waals surface area contributed by atoms with E-state index in [9.17, 15) is 18.5 Å². The third-order valence-corrected chi connectivity index (χ3v) is 2.97. The van der Waals surface area contributed by atoms with Crippen molar-refractivity contribution in [2.24, 2.45) is 0 Å². The zero-order valence-electron chi connectivity index (χ0n) is 8.52. The maximum atomic E-state index is 11.1. The van der Waals surface area contributed by atoms with E-state index in [0.717, 1.165) is 6.26 Å². The number of anilines is 1. The Morgan fingerprint density at radius 2 is 2.00 bits per heavy atom. The minimum atomic E-state index is -3.41. The highest BCUT2D eigenvalue weighted by Crippen LogP contribution is 2.31. The van der Waals surface area contributed by atoms with E-state index in [2.05, 4.69) is 20.7 Å². The molecule has 16 heavy (non-hydrogen) atoms. The van der Waals surface area contributed by atoms with Crippen molar-refractivity contribution in [3.05, 3.63) is 32.3 Å². The lowest BCUT2D eigenvalue weighted by Crippen LogP contribution is -2.11. The fraction of sp³-hybridized carbons (Fsp3) is 0.250. The molecule has 0 spiro atoms. The van der Waals surface area contributed by atoms with Gasteiger partial charge in [-0.15, -0.1) is 0 Å². The van der Waals surface area contributed by atoms with Gasteiger partial charge in [-0.3, -0.25) is 14.8 Å². The van der Waals surface area contributed by atoms with Crippen LogP contribution in [0.2, 0.25) is 0 Å². The summed E-state index contributed by atoms with van der Waals surface area (Å²) in [7, 11) is -3.41. The molecule has 6 nitrogen and oxygen atoms in total. The van der Waals surface area contributed by atoms with E-state index in [0.29, 0.717) is 15.7 Å². The summed E-state index contributed by atoms with van der Waals surface area (Å²) >= 11 is 3.09. The normalized spacial score (nSPS) is 11.2.